The fourth-order valence-electron chi connectivity index (χ4n) is 2.40. The lowest BCUT2D eigenvalue weighted by molar-refractivity contribution is -0.116. The lowest BCUT2D eigenvalue weighted by Gasteiger charge is -2.10. The Morgan fingerprint density at radius 3 is 2.50 bits per heavy atom. The summed E-state index contributed by atoms with van der Waals surface area (Å²) >= 11 is 0. The van der Waals surface area contributed by atoms with Gasteiger partial charge in [-0.3, -0.25) is 9.59 Å². The van der Waals surface area contributed by atoms with Crippen LogP contribution < -0.4 is 10.1 Å². The first kappa shape index (κ1) is 17.5. The number of rotatable bonds is 6. The molecule has 0 spiro atoms. The molecule has 2 aromatic carbocycles. The highest BCUT2D eigenvalue weighted by Gasteiger charge is 2.14. The molecule has 0 saturated heterocycles. The Morgan fingerprint density at radius 2 is 1.83 bits per heavy atom. The minimum Gasteiger partial charge on any atom is -0.508 e. The fourth-order valence-corrected chi connectivity index (χ4v) is 2.40. The van der Waals surface area contributed by atoms with Gasteiger partial charge in [-0.15, -0.1) is 0 Å². The Morgan fingerprint density at radius 1 is 1.08 bits per heavy atom. The third-order valence-corrected chi connectivity index (χ3v) is 3.72. The molecule has 0 bridgehead atoms. The molecule has 5 heteroatoms. The van der Waals surface area contributed by atoms with E-state index in [1.54, 1.807) is 31.2 Å². The zero-order valence-electron chi connectivity index (χ0n) is 14.1. The van der Waals surface area contributed by atoms with Gasteiger partial charge >= 0.3 is 0 Å². The summed E-state index contributed by atoms with van der Waals surface area (Å²) in [6, 6.07) is 10.1. The number of Topliss-reactive ketones (excluding diaryl/α,β-unsaturated/α-hetero) is 1. The normalized spacial score (nSPS) is 10.3. The van der Waals surface area contributed by atoms with Crippen molar-refractivity contribution in [2.24, 2.45) is 0 Å². The number of ether oxygens (including phenoxy) is 1. The Kier molecular flexibility index (Phi) is 5.58. The Hall–Kier alpha value is -2.82. The van der Waals surface area contributed by atoms with Crippen LogP contribution in [0.3, 0.4) is 0 Å². The van der Waals surface area contributed by atoms with Crippen molar-refractivity contribution in [1.29, 1.82) is 0 Å². The van der Waals surface area contributed by atoms with E-state index in [0.29, 0.717) is 17.0 Å². The van der Waals surface area contributed by atoms with Crippen LogP contribution in [0.1, 0.15) is 34.3 Å². The quantitative estimate of drug-likeness (QED) is 0.627. The maximum absolute atomic E-state index is 12.4. The van der Waals surface area contributed by atoms with E-state index in [1.807, 2.05) is 13.0 Å². The lowest BCUT2D eigenvalue weighted by Crippen LogP contribution is -2.14. The van der Waals surface area contributed by atoms with Gasteiger partial charge in [0.1, 0.15) is 11.5 Å². The topological polar surface area (TPSA) is 75.6 Å². The number of methoxy groups -OCH3 is 1. The first-order chi connectivity index (χ1) is 11.4. The van der Waals surface area contributed by atoms with Crippen LogP contribution in [0, 0.1) is 13.8 Å². The second-order valence-corrected chi connectivity index (χ2v) is 5.67. The average Bonchev–Trinajstić information content (AvgIpc) is 2.55. The van der Waals surface area contributed by atoms with E-state index in [4.69, 9.17) is 4.74 Å². The highest BCUT2D eigenvalue weighted by Crippen LogP contribution is 2.23. The SMILES string of the molecule is COc1ccc(C)cc1C(=O)CCC(=O)Nc1ccc(O)cc1C. The molecule has 0 aliphatic rings. The van der Waals surface area contributed by atoms with Crippen molar-refractivity contribution in [2.75, 3.05) is 12.4 Å². The number of hydrogen-bond donors (Lipinski definition) is 2. The molecule has 0 aliphatic heterocycles. The monoisotopic (exact) mass is 327 g/mol. The van der Waals surface area contributed by atoms with Gasteiger partial charge in [-0.1, -0.05) is 11.6 Å². The van der Waals surface area contributed by atoms with E-state index in [0.717, 1.165) is 11.1 Å². The Bertz CT molecular complexity index is 768. The van der Waals surface area contributed by atoms with E-state index in [9.17, 15) is 14.7 Å². The lowest BCUT2D eigenvalue weighted by atomic mass is 10.0. The van der Waals surface area contributed by atoms with Gasteiger partial charge in [0, 0.05) is 18.5 Å². The number of carbonyl (C=O) groups is 2. The second-order valence-electron chi connectivity index (χ2n) is 5.67. The number of aryl methyl sites for hydroxylation is 2. The van der Waals surface area contributed by atoms with Gasteiger partial charge in [-0.05, 0) is 49.7 Å². The summed E-state index contributed by atoms with van der Waals surface area (Å²) in [5.74, 6) is 0.282. The summed E-state index contributed by atoms with van der Waals surface area (Å²) in [5.41, 5.74) is 2.84. The summed E-state index contributed by atoms with van der Waals surface area (Å²) in [6.07, 6.45) is 0.180. The summed E-state index contributed by atoms with van der Waals surface area (Å²) in [7, 11) is 1.52. The zero-order chi connectivity index (χ0) is 17.7. The van der Waals surface area contributed by atoms with E-state index in [1.165, 1.54) is 13.2 Å². The highest BCUT2D eigenvalue weighted by atomic mass is 16.5. The molecule has 0 fully saturated rings. The van der Waals surface area contributed by atoms with Crippen molar-refractivity contribution in [3.63, 3.8) is 0 Å². The summed E-state index contributed by atoms with van der Waals surface area (Å²) < 4.78 is 5.21. The third-order valence-electron chi connectivity index (χ3n) is 3.72. The average molecular weight is 327 g/mol. The van der Waals surface area contributed by atoms with Crippen LogP contribution in [-0.4, -0.2) is 23.9 Å². The van der Waals surface area contributed by atoms with Crippen LogP contribution in [0.4, 0.5) is 5.69 Å². The number of carbonyl (C=O) groups excluding carboxylic acids is 2. The number of benzene rings is 2. The number of phenols is 1. The Labute approximate surface area is 141 Å². The van der Waals surface area contributed by atoms with Gasteiger partial charge in [0.2, 0.25) is 5.91 Å². The minimum absolute atomic E-state index is 0.0796. The van der Waals surface area contributed by atoms with Gasteiger partial charge in [-0.25, -0.2) is 0 Å². The van der Waals surface area contributed by atoms with Gasteiger partial charge in [0.25, 0.3) is 0 Å². The van der Waals surface area contributed by atoms with Crippen molar-refractivity contribution < 1.29 is 19.4 Å². The maximum atomic E-state index is 12.4. The third kappa shape index (κ3) is 4.35. The predicted octanol–water partition coefficient (Wildman–Crippen LogP) is 3.62. The van der Waals surface area contributed by atoms with Crippen LogP contribution in [0.2, 0.25) is 0 Å². The predicted molar refractivity (Wildman–Crippen MR) is 92.8 cm³/mol. The van der Waals surface area contributed by atoms with Gasteiger partial charge in [-0.2, -0.15) is 0 Å². The number of nitrogens with one attached hydrogen (secondary N) is 1. The van der Waals surface area contributed by atoms with Crippen LogP contribution in [-0.2, 0) is 4.79 Å². The fraction of sp³-hybridized carbons (Fsp3) is 0.263. The molecule has 0 aliphatic carbocycles. The summed E-state index contributed by atoms with van der Waals surface area (Å²) in [5, 5.41) is 12.1. The first-order valence-electron chi connectivity index (χ1n) is 7.68. The number of anilines is 1. The molecule has 1 amide bonds. The molecule has 126 valence electrons. The van der Waals surface area contributed by atoms with Crippen LogP contribution in [0.25, 0.3) is 0 Å². The van der Waals surface area contributed by atoms with Crippen LogP contribution in [0.15, 0.2) is 36.4 Å². The molecule has 0 aromatic heterocycles. The molecule has 0 saturated carbocycles. The molecule has 0 atom stereocenters. The molecule has 2 rings (SSSR count). The van der Waals surface area contributed by atoms with Gasteiger partial charge < -0.3 is 15.2 Å². The Balaban J connectivity index is 1.99. The number of hydrogen-bond acceptors (Lipinski definition) is 4. The van der Waals surface area contributed by atoms with Crippen LogP contribution >= 0.6 is 0 Å². The first-order valence-corrected chi connectivity index (χ1v) is 7.68. The van der Waals surface area contributed by atoms with Crippen molar-refractivity contribution in [3.8, 4) is 11.5 Å². The van der Waals surface area contributed by atoms with E-state index < -0.39 is 0 Å². The number of amides is 1. The highest BCUT2D eigenvalue weighted by molar-refractivity contribution is 6.02. The molecule has 0 unspecified atom stereocenters. The molecule has 24 heavy (non-hydrogen) atoms. The van der Waals surface area contributed by atoms with Crippen LogP contribution in [0.5, 0.6) is 11.5 Å². The van der Waals surface area contributed by atoms with Crippen molar-refractivity contribution in [2.45, 2.75) is 26.7 Å². The summed E-state index contributed by atoms with van der Waals surface area (Å²) in [4.78, 5) is 24.4. The van der Waals surface area contributed by atoms with E-state index >= 15 is 0 Å². The molecule has 0 heterocycles. The van der Waals surface area contributed by atoms with Crippen molar-refractivity contribution in [3.05, 3.63) is 53.1 Å². The van der Waals surface area contributed by atoms with E-state index in [-0.39, 0.29) is 30.3 Å². The number of aromatic hydroxyl groups is 1. The molecule has 0 radical (unpaired) electrons. The largest absolute Gasteiger partial charge is 0.508 e. The van der Waals surface area contributed by atoms with Gasteiger partial charge in [0.05, 0.1) is 12.7 Å². The minimum atomic E-state index is -0.247. The number of ketones is 1. The van der Waals surface area contributed by atoms with Gasteiger partial charge in [0.15, 0.2) is 5.78 Å². The molecular weight excluding hydrogens is 306 g/mol. The molecule has 5 nitrogen and oxygen atoms in total. The van der Waals surface area contributed by atoms with Crippen molar-refractivity contribution in [1.82, 2.24) is 0 Å². The molecule has 2 N–H and O–H groups in total. The smallest absolute Gasteiger partial charge is 0.224 e. The second kappa shape index (κ2) is 7.64. The van der Waals surface area contributed by atoms with Crippen molar-refractivity contribution >= 4 is 17.4 Å². The molecule has 2 aromatic rings. The number of phenolic OH excluding ortho intramolecular Hbond substituents is 1. The zero-order valence-corrected chi connectivity index (χ0v) is 14.1. The standard InChI is InChI=1S/C19H21NO4/c1-12-4-8-18(24-3)15(10-12)17(22)7-9-19(23)20-16-6-5-14(21)11-13(16)2/h4-6,8,10-11,21H,7,9H2,1-3H3,(H,20,23). The van der Waals surface area contributed by atoms with E-state index in [2.05, 4.69) is 5.32 Å². The molecular formula is C19H21NO4. The summed E-state index contributed by atoms with van der Waals surface area (Å²) in [6.45, 7) is 3.69. The maximum Gasteiger partial charge on any atom is 0.224 e.